The van der Waals surface area contributed by atoms with Crippen LogP contribution in [0.3, 0.4) is 0 Å². The maximum Gasteiger partial charge on any atom is 0.174 e. The Morgan fingerprint density at radius 1 is 0.906 bits per heavy atom. The zero-order chi connectivity index (χ0) is 22.2. The minimum absolute atomic E-state index is 0.161. The topological polar surface area (TPSA) is 33.1 Å². The summed E-state index contributed by atoms with van der Waals surface area (Å²) in [6, 6.07) is 25.2. The average Bonchev–Trinajstić information content (AvgIpc) is 3.36. The lowest BCUT2D eigenvalue weighted by Gasteiger charge is -2.29. The van der Waals surface area contributed by atoms with Crippen molar-refractivity contribution in [1.29, 1.82) is 0 Å². The fourth-order valence-electron chi connectivity index (χ4n) is 4.43. The Labute approximate surface area is 192 Å². The molecule has 1 fully saturated rings. The van der Waals surface area contributed by atoms with Gasteiger partial charge < -0.3 is 14.8 Å². The molecule has 0 radical (unpaired) electrons. The highest BCUT2D eigenvalue weighted by molar-refractivity contribution is 7.80. The summed E-state index contributed by atoms with van der Waals surface area (Å²) in [5.74, 6) is -0.229. The van der Waals surface area contributed by atoms with Crippen molar-refractivity contribution in [1.82, 2.24) is 14.9 Å². The van der Waals surface area contributed by atoms with Gasteiger partial charge in [-0.15, -0.1) is 0 Å². The Balaban J connectivity index is 1.71. The Bertz CT molecular complexity index is 1270. The second kappa shape index (κ2) is 8.20. The molecule has 5 rings (SSSR count). The minimum Gasteiger partial charge on any atom is -0.351 e. The summed E-state index contributed by atoms with van der Waals surface area (Å²) in [6.45, 7) is 3.87. The molecule has 1 N–H and O–H groups in total. The molecule has 6 heteroatoms. The van der Waals surface area contributed by atoms with Gasteiger partial charge in [0.15, 0.2) is 5.11 Å². The smallest absolute Gasteiger partial charge is 0.174 e. The molecule has 2 atom stereocenters. The molecular formula is C26H23FN4S. The summed E-state index contributed by atoms with van der Waals surface area (Å²) < 4.78 is 16.3. The van der Waals surface area contributed by atoms with Gasteiger partial charge in [0.25, 0.3) is 0 Å². The largest absolute Gasteiger partial charge is 0.351 e. The minimum atomic E-state index is -0.229. The van der Waals surface area contributed by atoms with Gasteiger partial charge in [-0.05, 0) is 86.2 Å². The van der Waals surface area contributed by atoms with Gasteiger partial charge >= 0.3 is 0 Å². The molecule has 4 nitrogen and oxygen atoms in total. The van der Waals surface area contributed by atoms with Gasteiger partial charge in [-0.1, -0.05) is 24.3 Å². The van der Waals surface area contributed by atoms with Gasteiger partial charge in [0.2, 0.25) is 0 Å². The lowest BCUT2D eigenvalue weighted by molar-refractivity contribution is 0.547. The first-order chi connectivity index (χ1) is 15.5. The Morgan fingerprint density at radius 2 is 1.69 bits per heavy atom. The number of nitrogens with zero attached hydrogens (tertiary/aromatic N) is 3. The highest BCUT2D eigenvalue weighted by Gasteiger charge is 2.42. The van der Waals surface area contributed by atoms with Crippen LogP contribution in [0.25, 0.3) is 5.69 Å². The molecule has 32 heavy (non-hydrogen) atoms. The monoisotopic (exact) mass is 442 g/mol. The maximum absolute atomic E-state index is 14.1. The van der Waals surface area contributed by atoms with Gasteiger partial charge in [0, 0.05) is 29.0 Å². The van der Waals surface area contributed by atoms with Crippen LogP contribution in [0.1, 0.15) is 34.7 Å². The SMILES string of the molecule is Cc1cc(N2C(=S)NC(c3ccccn3)C2c2ccc(C)n2-c2ccccc2)ccc1F. The second-order valence-electron chi connectivity index (χ2n) is 8.00. The third-order valence-electron chi connectivity index (χ3n) is 5.94. The fourth-order valence-corrected chi connectivity index (χ4v) is 4.78. The quantitative estimate of drug-likeness (QED) is 0.405. The van der Waals surface area contributed by atoms with Crippen LogP contribution in [0, 0.1) is 19.7 Å². The van der Waals surface area contributed by atoms with E-state index in [9.17, 15) is 4.39 Å². The second-order valence-corrected chi connectivity index (χ2v) is 8.39. The number of hydrogen-bond acceptors (Lipinski definition) is 2. The first-order valence-corrected chi connectivity index (χ1v) is 11.0. The molecule has 1 aliphatic heterocycles. The molecule has 0 amide bonds. The van der Waals surface area contributed by atoms with Crippen molar-refractivity contribution < 1.29 is 4.39 Å². The number of aromatic nitrogens is 2. The number of rotatable bonds is 4. The van der Waals surface area contributed by atoms with Crippen molar-refractivity contribution in [3.05, 3.63) is 114 Å². The molecule has 2 unspecified atom stereocenters. The molecule has 0 bridgehead atoms. The summed E-state index contributed by atoms with van der Waals surface area (Å²) in [7, 11) is 0. The van der Waals surface area contributed by atoms with Gasteiger partial charge in [0.05, 0.1) is 11.7 Å². The van der Waals surface area contributed by atoms with E-state index in [1.807, 2.05) is 42.5 Å². The molecule has 160 valence electrons. The molecule has 0 aliphatic carbocycles. The van der Waals surface area contributed by atoms with Crippen LogP contribution in [-0.4, -0.2) is 14.7 Å². The Morgan fingerprint density at radius 3 is 2.41 bits per heavy atom. The Kier molecular flexibility index (Phi) is 5.23. The van der Waals surface area contributed by atoms with E-state index in [1.165, 1.54) is 6.07 Å². The molecule has 1 aliphatic rings. The number of nitrogens with one attached hydrogen (secondary N) is 1. The highest BCUT2D eigenvalue weighted by atomic mass is 32.1. The molecule has 1 saturated heterocycles. The summed E-state index contributed by atoms with van der Waals surface area (Å²) in [4.78, 5) is 6.70. The lowest BCUT2D eigenvalue weighted by atomic mass is 10.0. The standard InChI is InChI=1S/C26H23FN4S/c1-17-16-20(12-13-21(17)27)31-25(24(29-26(31)32)22-10-6-7-15-28-22)23-14-11-18(2)30(23)19-8-4-3-5-9-19/h3-16,24-25H,1-2H3,(H,29,32). The van der Waals surface area contributed by atoms with Crippen molar-refractivity contribution in [2.24, 2.45) is 0 Å². The molecular weight excluding hydrogens is 419 g/mol. The molecule has 0 saturated carbocycles. The average molecular weight is 443 g/mol. The summed E-state index contributed by atoms with van der Waals surface area (Å²) in [5.41, 5.74) is 5.62. The lowest BCUT2D eigenvalue weighted by Crippen LogP contribution is -2.30. The van der Waals surface area contributed by atoms with E-state index in [2.05, 4.69) is 51.0 Å². The van der Waals surface area contributed by atoms with Crippen LogP contribution in [-0.2, 0) is 0 Å². The number of thiocarbonyl (C=S) groups is 1. The summed E-state index contributed by atoms with van der Waals surface area (Å²) >= 11 is 5.80. The number of anilines is 1. The number of pyridine rings is 1. The van der Waals surface area contributed by atoms with E-state index in [0.717, 1.165) is 28.5 Å². The van der Waals surface area contributed by atoms with Crippen LogP contribution in [0.4, 0.5) is 10.1 Å². The zero-order valence-corrected chi connectivity index (χ0v) is 18.7. The first kappa shape index (κ1) is 20.4. The van der Waals surface area contributed by atoms with Crippen molar-refractivity contribution in [3.8, 4) is 5.69 Å². The van der Waals surface area contributed by atoms with Gasteiger partial charge in [-0.25, -0.2) is 4.39 Å². The molecule has 2 aromatic carbocycles. The van der Waals surface area contributed by atoms with E-state index in [0.29, 0.717) is 10.7 Å². The zero-order valence-electron chi connectivity index (χ0n) is 17.9. The number of para-hydroxylation sites is 1. The van der Waals surface area contributed by atoms with Crippen LogP contribution >= 0.6 is 12.2 Å². The summed E-state index contributed by atoms with van der Waals surface area (Å²) in [5, 5.41) is 4.07. The first-order valence-electron chi connectivity index (χ1n) is 10.5. The predicted molar refractivity (Wildman–Crippen MR) is 130 cm³/mol. The predicted octanol–water partition coefficient (Wildman–Crippen LogP) is 5.81. The fraction of sp³-hybridized carbons (Fsp3) is 0.154. The van der Waals surface area contributed by atoms with Gasteiger partial charge in [-0.2, -0.15) is 0 Å². The molecule has 3 heterocycles. The molecule has 0 spiro atoms. The number of hydrogen-bond donors (Lipinski definition) is 1. The van der Waals surface area contributed by atoms with E-state index >= 15 is 0 Å². The van der Waals surface area contributed by atoms with Crippen molar-refractivity contribution in [2.45, 2.75) is 25.9 Å². The van der Waals surface area contributed by atoms with Crippen LogP contribution in [0.15, 0.2) is 85.1 Å². The Hall–Kier alpha value is -3.51. The maximum atomic E-state index is 14.1. The van der Waals surface area contributed by atoms with E-state index in [1.54, 1.807) is 19.2 Å². The van der Waals surface area contributed by atoms with E-state index < -0.39 is 0 Å². The van der Waals surface area contributed by atoms with Crippen LogP contribution < -0.4 is 10.2 Å². The van der Waals surface area contributed by atoms with Gasteiger partial charge in [0.1, 0.15) is 11.9 Å². The van der Waals surface area contributed by atoms with Crippen molar-refractivity contribution >= 4 is 23.0 Å². The molecule has 2 aromatic heterocycles. The van der Waals surface area contributed by atoms with Crippen LogP contribution in [0.2, 0.25) is 0 Å². The number of halogens is 1. The van der Waals surface area contributed by atoms with E-state index in [-0.39, 0.29) is 17.9 Å². The van der Waals surface area contributed by atoms with Crippen LogP contribution in [0.5, 0.6) is 0 Å². The van der Waals surface area contributed by atoms with Crippen molar-refractivity contribution in [3.63, 3.8) is 0 Å². The summed E-state index contributed by atoms with van der Waals surface area (Å²) in [6.07, 6.45) is 1.79. The van der Waals surface area contributed by atoms with Gasteiger partial charge in [-0.3, -0.25) is 4.98 Å². The normalized spacial score (nSPS) is 18.1. The third kappa shape index (κ3) is 3.46. The highest BCUT2D eigenvalue weighted by Crippen LogP contribution is 2.43. The number of aryl methyl sites for hydroxylation is 2. The molecule has 4 aromatic rings. The van der Waals surface area contributed by atoms with E-state index in [4.69, 9.17) is 12.2 Å². The number of benzene rings is 2. The van der Waals surface area contributed by atoms with Crippen molar-refractivity contribution in [2.75, 3.05) is 4.90 Å². The third-order valence-corrected chi connectivity index (χ3v) is 6.26.